The van der Waals surface area contributed by atoms with Gasteiger partial charge in [0, 0.05) is 46.7 Å². The Morgan fingerprint density at radius 2 is 1.23 bits per heavy atom. The van der Waals surface area contributed by atoms with Gasteiger partial charge in [-0.15, -0.1) is 11.3 Å². The molecule has 8 rings (SSSR count). The molecule has 2 aromatic heterocycles. The first-order valence-corrected chi connectivity index (χ1v) is 14.7. The summed E-state index contributed by atoms with van der Waals surface area (Å²) in [4.78, 5) is 0. The van der Waals surface area contributed by atoms with E-state index < -0.39 is 0 Å². The molecule has 0 aliphatic carbocycles. The Kier molecular flexibility index (Phi) is 5.22. The number of hydrogen-bond acceptors (Lipinski definition) is 1. The van der Waals surface area contributed by atoms with Gasteiger partial charge in [-0.3, -0.25) is 0 Å². The van der Waals surface area contributed by atoms with Gasteiger partial charge in [0.1, 0.15) is 0 Å². The maximum absolute atomic E-state index is 3.70. The number of thiophene rings is 1. The largest absolute Gasteiger partial charge is 0.309 e. The van der Waals surface area contributed by atoms with Crippen LogP contribution in [0.4, 0.5) is 0 Å². The third kappa shape index (κ3) is 3.58. The first-order valence-electron chi connectivity index (χ1n) is 13.1. The van der Waals surface area contributed by atoms with Crippen molar-refractivity contribution >= 4 is 69.2 Å². The molecule has 0 spiro atoms. The number of halogens is 1. The highest BCUT2D eigenvalue weighted by Gasteiger charge is 2.21. The van der Waals surface area contributed by atoms with Crippen LogP contribution in [0.25, 0.3) is 69.9 Å². The van der Waals surface area contributed by atoms with Crippen LogP contribution in [0.3, 0.4) is 0 Å². The summed E-state index contributed by atoms with van der Waals surface area (Å²) in [6.07, 6.45) is 0. The van der Waals surface area contributed by atoms with Crippen LogP contribution < -0.4 is 0 Å². The summed E-state index contributed by atoms with van der Waals surface area (Å²) < 4.78 is 6.19. The molecule has 6 aromatic carbocycles. The molecule has 0 aliphatic rings. The van der Waals surface area contributed by atoms with Gasteiger partial charge in [-0.2, -0.15) is 0 Å². The zero-order chi connectivity index (χ0) is 25.9. The number of benzene rings is 6. The van der Waals surface area contributed by atoms with E-state index in [0.717, 1.165) is 4.47 Å². The second-order valence-electron chi connectivity index (χ2n) is 9.90. The lowest BCUT2D eigenvalue weighted by Crippen LogP contribution is -1.94. The average molecular weight is 581 g/mol. The first kappa shape index (κ1) is 22.8. The van der Waals surface area contributed by atoms with Crippen molar-refractivity contribution in [2.24, 2.45) is 0 Å². The SMILES string of the molecule is Brc1cccc(-c2cc3c4ccccc4n(-c4ccc(-c5ccccc5)cc4)c3c3c2sc2ccccc23)c1. The normalized spacial score (nSPS) is 11.7. The van der Waals surface area contributed by atoms with E-state index in [4.69, 9.17) is 0 Å². The lowest BCUT2D eigenvalue weighted by molar-refractivity contribution is 1.19. The van der Waals surface area contributed by atoms with E-state index in [-0.39, 0.29) is 0 Å². The monoisotopic (exact) mass is 579 g/mol. The van der Waals surface area contributed by atoms with Gasteiger partial charge in [0.25, 0.3) is 0 Å². The van der Waals surface area contributed by atoms with Crippen molar-refractivity contribution in [3.63, 3.8) is 0 Å². The third-order valence-electron chi connectivity index (χ3n) is 7.65. The van der Waals surface area contributed by atoms with Crippen molar-refractivity contribution in [2.75, 3.05) is 0 Å². The number of rotatable bonds is 3. The smallest absolute Gasteiger partial charge is 0.0634 e. The standard InChI is InChI=1S/C36H22BrNS/c37-26-12-8-11-25(21-26)30-22-31-28-13-4-6-15-32(28)38(27-19-17-24(18-20-27)23-9-2-1-3-10-23)35(31)34-29-14-5-7-16-33(29)39-36(30)34/h1-22H. The summed E-state index contributed by atoms with van der Waals surface area (Å²) in [5, 5.41) is 5.19. The molecule has 0 radical (unpaired) electrons. The second kappa shape index (κ2) is 8.94. The molecule has 0 unspecified atom stereocenters. The van der Waals surface area contributed by atoms with Crippen molar-refractivity contribution in [3.8, 4) is 27.9 Å². The molecule has 0 fully saturated rings. The molecular weight excluding hydrogens is 558 g/mol. The highest BCUT2D eigenvalue weighted by atomic mass is 79.9. The van der Waals surface area contributed by atoms with Crippen LogP contribution in [0.5, 0.6) is 0 Å². The maximum Gasteiger partial charge on any atom is 0.0634 e. The topological polar surface area (TPSA) is 4.93 Å². The first-order chi connectivity index (χ1) is 19.3. The fourth-order valence-electron chi connectivity index (χ4n) is 5.91. The maximum atomic E-state index is 3.70. The predicted molar refractivity (Wildman–Crippen MR) is 172 cm³/mol. The van der Waals surface area contributed by atoms with Gasteiger partial charge in [-0.1, -0.05) is 107 Å². The molecule has 1 nitrogen and oxygen atoms in total. The van der Waals surface area contributed by atoms with Gasteiger partial charge >= 0.3 is 0 Å². The molecule has 0 saturated heterocycles. The molecule has 0 bridgehead atoms. The molecular formula is C36H22BrNS. The van der Waals surface area contributed by atoms with Crippen LogP contribution in [-0.2, 0) is 0 Å². The minimum absolute atomic E-state index is 1.09. The molecule has 0 saturated carbocycles. The quantitative estimate of drug-likeness (QED) is 0.196. The Hall–Kier alpha value is -4.18. The van der Waals surface area contributed by atoms with Crippen LogP contribution in [0.15, 0.2) is 138 Å². The Balaban J connectivity index is 1.51. The van der Waals surface area contributed by atoms with Crippen LogP contribution in [0, 0.1) is 0 Å². The van der Waals surface area contributed by atoms with Crippen molar-refractivity contribution in [2.45, 2.75) is 0 Å². The van der Waals surface area contributed by atoms with Crippen molar-refractivity contribution in [3.05, 3.63) is 138 Å². The molecule has 8 aromatic rings. The van der Waals surface area contributed by atoms with E-state index in [0.29, 0.717) is 0 Å². The molecule has 0 atom stereocenters. The van der Waals surface area contributed by atoms with E-state index >= 15 is 0 Å². The summed E-state index contributed by atoms with van der Waals surface area (Å²) >= 11 is 5.59. The molecule has 2 heterocycles. The highest BCUT2D eigenvalue weighted by Crippen LogP contribution is 2.47. The van der Waals surface area contributed by atoms with E-state index in [2.05, 4.69) is 154 Å². The van der Waals surface area contributed by atoms with E-state index in [1.165, 1.54) is 69.9 Å². The van der Waals surface area contributed by atoms with Crippen molar-refractivity contribution in [1.82, 2.24) is 4.57 Å². The minimum atomic E-state index is 1.09. The molecule has 0 aliphatic heterocycles. The molecule has 184 valence electrons. The fraction of sp³-hybridized carbons (Fsp3) is 0. The zero-order valence-corrected chi connectivity index (χ0v) is 23.3. The van der Waals surface area contributed by atoms with Gasteiger partial charge < -0.3 is 4.57 Å². The molecule has 3 heteroatoms. The summed E-state index contributed by atoms with van der Waals surface area (Å²) in [7, 11) is 0. The number of fused-ring (bicyclic) bond motifs is 7. The summed E-state index contributed by atoms with van der Waals surface area (Å²) in [5.74, 6) is 0. The summed E-state index contributed by atoms with van der Waals surface area (Å²) in [5.41, 5.74) is 8.64. The van der Waals surface area contributed by atoms with Gasteiger partial charge in [0.05, 0.1) is 11.0 Å². The van der Waals surface area contributed by atoms with E-state index in [1.54, 1.807) is 0 Å². The van der Waals surface area contributed by atoms with Crippen LogP contribution in [0.2, 0.25) is 0 Å². The third-order valence-corrected chi connectivity index (χ3v) is 9.35. The molecule has 0 N–H and O–H groups in total. The van der Waals surface area contributed by atoms with Gasteiger partial charge in [0.2, 0.25) is 0 Å². The van der Waals surface area contributed by atoms with Crippen molar-refractivity contribution in [1.29, 1.82) is 0 Å². The Labute approximate surface area is 238 Å². The second-order valence-corrected chi connectivity index (χ2v) is 11.9. The fourth-order valence-corrected chi connectivity index (χ4v) is 7.55. The predicted octanol–water partition coefficient (Wildman–Crippen LogP) is 11.2. The van der Waals surface area contributed by atoms with Gasteiger partial charge in [-0.05, 0) is 59.2 Å². The van der Waals surface area contributed by atoms with Crippen LogP contribution in [-0.4, -0.2) is 4.57 Å². The Bertz CT molecular complexity index is 2170. The zero-order valence-electron chi connectivity index (χ0n) is 20.9. The minimum Gasteiger partial charge on any atom is -0.309 e. The number of nitrogens with zero attached hydrogens (tertiary/aromatic N) is 1. The van der Waals surface area contributed by atoms with Crippen LogP contribution in [0.1, 0.15) is 0 Å². The Morgan fingerprint density at radius 3 is 2.05 bits per heavy atom. The average Bonchev–Trinajstić information content (AvgIpc) is 3.53. The number of aromatic nitrogens is 1. The summed E-state index contributed by atoms with van der Waals surface area (Å²) in [6, 6.07) is 48.3. The summed E-state index contributed by atoms with van der Waals surface area (Å²) in [6.45, 7) is 0. The van der Waals surface area contributed by atoms with E-state index in [9.17, 15) is 0 Å². The van der Waals surface area contributed by atoms with Crippen molar-refractivity contribution < 1.29 is 0 Å². The van der Waals surface area contributed by atoms with Crippen LogP contribution >= 0.6 is 27.3 Å². The molecule has 0 amide bonds. The lowest BCUT2D eigenvalue weighted by Gasteiger charge is -2.12. The van der Waals surface area contributed by atoms with Gasteiger partial charge in [0.15, 0.2) is 0 Å². The Morgan fingerprint density at radius 1 is 0.538 bits per heavy atom. The van der Waals surface area contributed by atoms with Gasteiger partial charge in [-0.25, -0.2) is 0 Å². The van der Waals surface area contributed by atoms with E-state index in [1.807, 2.05) is 11.3 Å². The number of hydrogen-bond donors (Lipinski definition) is 0. The lowest BCUT2D eigenvalue weighted by atomic mass is 9.99. The molecule has 39 heavy (non-hydrogen) atoms. The number of para-hydroxylation sites is 1. The highest BCUT2D eigenvalue weighted by molar-refractivity contribution is 9.10.